The number of nitrogens with one attached hydrogen (secondary N) is 1. The van der Waals surface area contributed by atoms with Crippen molar-refractivity contribution < 1.29 is 8.91 Å². The van der Waals surface area contributed by atoms with Gasteiger partial charge in [-0.05, 0) is 25.1 Å². The number of aromatic nitrogens is 1. The second-order valence-corrected chi connectivity index (χ2v) is 3.87. The number of nitrogens with zero attached hydrogens (tertiary/aromatic N) is 1. The van der Waals surface area contributed by atoms with Crippen molar-refractivity contribution in [3.8, 4) is 0 Å². The van der Waals surface area contributed by atoms with Crippen LogP contribution < -0.4 is 5.32 Å². The molecule has 1 N–H and O–H groups in total. The maximum absolute atomic E-state index is 13.0. The Hall–Kier alpha value is -1.68. The summed E-state index contributed by atoms with van der Waals surface area (Å²) < 4.78 is 18.3. The Labute approximate surface area is 91.9 Å². The molecule has 0 bridgehead atoms. The first-order valence-electron chi connectivity index (χ1n) is 5.29. The lowest BCUT2D eigenvalue weighted by Crippen LogP contribution is -2.21. The number of halogens is 1. The van der Waals surface area contributed by atoms with Crippen LogP contribution >= 0.6 is 0 Å². The van der Waals surface area contributed by atoms with E-state index in [1.165, 1.54) is 12.1 Å². The highest BCUT2D eigenvalue weighted by atomic mass is 19.1. The van der Waals surface area contributed by atoms with Crippen molar-refractivity contribution in [1.29, 1.82) is 0 Å². The molecule has 4 heteroatoms. The molecule has 1 aliphatic heterocycles. The number of benzene rings is 1. The van der Waals surface area contributed by atoms with Crippen LogP contribution in [0.1, 0.15) is 12.2 Å². The monoisotopic (exact) mass is 218 g/mol. The van der Waals surface area contributed by atoms with E-state index in [0.29, 0.717) is 5.52 Å². The van der Waals surface area contributed by atoms with Crippen LogP contribution in [0.15, 0.2) is 28.8 Å². The molecule has 2 heterocycles. The molecule has 1 aromatic heterocycles. The van der Waals surface area contributed by atoms with E-state index in [4.69, 9.17) is 4.52 Å². The minimum Gasteiger partial charge on any atom is -0.355 e. The van der Waals surface area contributed by atoms with E-state index in [0.717, 1.165) is 36.2 Å². The van der Waals surface area contributed by atoms with Crippen LogP contribution in [0.2, 0.25) is 0 Å². The molecule has 0 radical (unpaired) electrons. The summed E-state index contributed by atoms with van der Waals surface area (Å²) in [5, 5.41) is 8.01. The van der Waals surface area contributed by atoms with Gasteiger partial charge in [0.25, 0.3) is 0 Å². The molecule has 0 unspecified atom stereocenters. The van der Waals surface area contributed by atoms with Gasteiger partial charge in [-0.2, -0.15) is 0 Å². The zero-order valence-corrected chi connectivity index (χ0v) is 8.66. The van der Waals surface area contributed by atoms with E-state index in [-0.39, 0.29) is 5.82 Å². The van der Waals surface area contributed by atoms with Gasteiger partial charge in [0, 0.05) is 23.6 Å². The second kappa shape index (κ2) is 3.72. The minimum absolute atomic E-state index is 0.289. The molecule has 0 atom stereocenters. The van der Waals surface area contributed by atoms with Gasteiger partial charge in [-0.25, -0.2) is 4.39 Å². The van der Waals surface area contributed by atoms with Crippen LogP contribution in [0.4, 0.5) is 4.39 Å². The van der Waals surface area contributed by atoms with Crippen molar-refractivity contribution in [3.63, 3.8) is 0 Å². The SMILES string of the molecule is Fc1ccc2c(C3=CCCNC3)onc2c1. The van der Waals surface area contributed by atoms with E-state index in [1.54, 1.807) is 6.07 Å². The average Bonchev–Trinajstić information content (AvgIpc) is 2.73. The van der Waals surface area contributed by atoms with Gasteiger partial charge in [0.1, 0.15) is 11.3 Å². The maximum Gasteiger partial charge on any atom is 0.171 e. The van der Waals surface area contributed by atoms with Crippen LogP contribution in [0.25, 0.3) is 16.5 Å². The summed E-state index contributed by atoms with van der Waals surface area (Å²) in [5.41, 5.74) is 1.67. The summed E-state index contributed by atoms with van der Waals surface area (Å²) in [6, 6.07) is 4.53. The highest BCUT2D eigenvalue weighted by Crippen LogP contribution is 2.26. The topological polar surface area (TPSA) is 38.1 Å². The van der Waals surface area contributed by atoms with E-state index < -0.39 is 0 Å². The van der Waals surface area contributed by atoms with Crippen LogP contribution in [-0.2, 0) is 0 Å². The molecule has 1 aliphatic rings. The molecule has 16 heavy (non-hydrogen) atoms. The van der Waals surface area contributed by atoms with Crippen LogP contribution in [0.5, 0.6) is 0 Å². The lowest BCUT2D eigenvalue weighted by Gasteiger charge is -2.11. The summed E-state index contributed by atoms with van der Waals surface area (Å²) in [6.07, 6.45) is 3.12. The summed E-state index contributed by atoms with van der Waals surface area (Å²) in [4.78, 5) is 0. The fraction of sp³-hybridized carbons (Fsp3) is 0.250. The molecule has 1 aromatic carbocycles. The summed E-state index contributed by atoms with van der Waals surface area (Å²) in [5.74, 6) is 0.463. The van der Waals surface area contributed by atoms with Gasteiger partial charge in [0.2, 0.25) is 0 Å². The lowest BCUT2D eigenvalue weighted by atomic mass is 10.1. The average molecular weight is 218 g/mol. The summed E-state index contributed by atoms with van der Waals surface area (Å²) >= 11 is 0. The zero-order valence-electron chi connectivity index (χ0n) is 8.66. The van der Waals surface area contributed by atoms with Gasteiger partial charge in [0.05, 0.1) is 0 Å². The predicted molar refractivity (Wildman–Crippen MR) is 59.4 cm³/mol. The van der Waals surface area contributed by atoms with E-state index in [1.807, 2.05) is 0 Å². The molecule has 0 saturated heterocycles. The van der Waals surface area contributed by atoms with E-state index >= 15 is 0 Å². The third-order valence-electron chi connectivity index (χ3n) is 2.76. The molecular weight excluding hydrogens is 207 g/mol. The van der Waals surface area contributed by atoms with Crippen LogP contribution in [0.3, 0.4) is 0 Å². The van der Waals surface area contributed by atoms with Gasteiger partial charge >= 0.3 is 0 Å². The maximum atomic E-state index is 13.0. The van der Waals surface area contributed by atoms with Crippen molar-refractivity contribution in [2.75, 3.05) is 13.1 Å². The molecule has 82 valence electrons. The Morgan fingerprint density at radius 3 is 3.12 bits per heavy atom. The smallest absolute Gasteiger partial charge is 0.171 e. The Bertz CT molecular complexity index is 559. The van der Waals surface area contributed by atoms with Gasteiger partial charge in [0.15, 0.2) is 5.76 Å². The number of hydrogen-bond acceptors (Lipinski definition) is 3. The normalized spacial score (nSPS) is 16.4. The molecule has 3 nitrogen and oxygen atoms in total. The molecule has 0 fully saturated rings. The van der Waals surface area contributed by atoms with Gasteiger partial charge in [-0.3, -0.25) is 0 Å². The van der Waals surface area contributed by atoms with Crippen molar-refractivity contribution in [2.45, 2.75) is 6.42 Å². The molecule has 0 spiro atoms. The first-order valence-corrected chi connectivity index (χ1v) is 5.29. The first kappa shape index (κ1) is 9.54. The third kappa shape index (κ3) is 1.51. The highest BCUT2D eigenvalue weighted by Gasteiger charge is 2.14. The summed E-state index contributed by atoms with van der Waals surface area (Å²) in [6.45, 7) is 1.77. The van der Waals surface area contributed by atoms with Crippen molar-refractivity contribution >= 4 is 16.5 Å². The number of hydrogen-bond donors (Lipinski definition) is 1. The highest BCUT2D eigenvalue weighted by molar-refractivity contribution is 5.89. The molecule has 0 amide bonds. The van der Waals surface area contributed by atoms with Crippen molar-refractivity contribution in [1.82, 2.24) is 10.5 Å². The Balaban J connectivity index is 2.13. The molecule has 3 rings (SSSR count). The Morgan fingerprint density at radius 1 is 1.38 bits per heavy atom. The molecule has 0 aliphatic carbocycles. The standard InChI is InChI=1S/C12H11FN2O/c13-9-3-4-10-11(6-9)15-16-12(10)8-2-1-5-14-7-8/h2-4,6,14H,1,5,7H2. The lowest BCUT2D eigenvalue weighted by molar-refractivity contribution is 0.416. The fourth-order valence-corrected chi connectivity index (χ4v) is 1.96. The quantitative estimate of drug-likeness (QED) is 0.798. The van der Waals surface area contributed by atoms with Gasteiger partial charge < -0.3 is 9.84 Å². The minimum atomic E-state index is -0.289. The Kier molecular flexibility index (Phi) is 2.22. The third-order valence-corrected chi connectivity index (χ3v) is 2.76. The largest absolute Gasteiger partial charge is 0.355 e. The Morgan fingerprint density at radius 2 is 2.31 bits per heavy atom. The molecular formula is C12H11FN2O. The van der Waals surface area contributed by atoms with Gasteiger partial charge in [-0.1, -0.05) is 11.2 Å². The van der Waals surface area contributed by atoms with Crippen molar-refractivity contribution in [2.24, 2.45) is 0 Å². The van der Waals surface area contributed by atoms with E-state index in [9.17, 15) is 4.39 Å². The predicted octanol–water partition coefficient (Wildman–Crippen LogP) is 2.34. The molecule has 0 saturated carbocycles. The molecule has 2 aromatic rings. The summed E-state index contributed by atoms with van der Waals surface area (Å²) in [7, 11) is 0. The van der Waals surface area contributed by atoms with E-state index in [2.05, 4.69) is 16.5 Å². The second-order valence-electron chi connectivity index (χ2n) is 3.87. The van der Waals surface area contributed by atoms with Crippen LogP contribution in [-0.4, -0.2) is 18.2 Å². The first-order chi connectivity index (χ1) is 7.84. The van der Waals surface area contributed by atoms with Gasteiger partial charge in [-0.15, -0.1) is 0 Å². The van der Waals surface area contributed by atoms with Crippen molar-refractivity contribution in [3.05, 3.63) is 35.9 Å². The number of rotatable bonds is 1. The number of fused-ring (bicyclic) bond motifs is 1. The van der Waals surface area contributed by atoms with Crippen LogP contribution in [0, 0.1) is 5.82 Å². The zero-order chi connectivity index (χ0) is 11.0. The fourth-order valence-electron chi connectivity index (χ4n) is 1.96.